The topological polar surface area (TPSA) is 26.3 Å². The van der Waals surface area contributed by atoms with Gasteiger partial charge in [0.2, 0.25) is 0 Å². The quantitative estimate of drug-likeness (QED) is 0.371. The first-order valence-corrected chi connectivity index (χ1v) is 11.4. The van der Waals surface area contributed by atoms with Crippen molar-refractivity contribution < 1.29 is 9.53 Å². The first-order chi connectivity index (χ1) is 14.0. The maximum absolute atomic E-state index is 10.8. The summed E-state index contributed by atoms with van der Waals surface area (Å²) in [5, 5.41) is 0. The molecule has 29 heavy (non-hydrogen) atoms. The number of hydrogen-bond acceptors (Lipinski definition) is 2. The molecule has 2 nitrogen and oxygen atoms in total. The standard InChI is InChI=1S/C16H23Br.C10H12O2/c1-5-9-13(6-2)14(7-3)15-10-8-11-16(17)12(15)4;1-2-10(11)12-8-9-6-4-3-5-7-9/h8,10-11H,5-7,9H2,1-4H3;3-7H,2,8H2,1H3/b14-13+;. The van der Waals surface area contributed by atoms with Gasteiger partial charge in [0.1, 0.15) is 6.61 Å². The lowest BCUT2D eigenvalue weighted by Crippen LogP contribution is -2.01. The van der Waals surface area contributed by atoms with Gasteiger partial charge in [-0.1, -0.05) is 98.1 Å². The molecule has 0 radical (unpaired) electrons. The monoisotopic (exact) mass is 458 g/mol. The van der Waals surface area contributed by atoms with Crippen LogP contribution in [0.1, 0.15) is 76.5 Å². The Bertz CT molecular complexity index is 779. The second kappa shape index (κ2) is 14.2. The van der Waals surface area contributed by atoms with Crippen molar-refractivity contribution in [2.24, 2.45) is 0 Å². The lowest BCUT2D eigenvalue weighted by molar-refractivity contribution is -0.144. The van der Waals surface area contributed by atoms with Crippen LogP contribution in [-0.4, -0.2) is 5.97 Å². The van der Waals surface area contributed by atoms with Crippen molar-refractivity contribution in [1.82, 2.24) is 0 Å². The Balaban J connectivity index is 0.000000308. The number of allylic oxidation sites excluding steroid dienone is 2. The van der Waals surface area contributed by atoms with Crippen LogP contribution in [0.5, 0.6) is 0 Å². The van der Waals surface area contributed by atoms with Crippen LogP contribution in [-0.2, 0) is 16.1 Å². The fourth-order valence-corrected chi connectivity index (χ4v) is 3.61. The maximum Gasteiger partial charge on any atom is 0.305 e. The van der Waals surface area contributed by atoms with E-state index >= 15 is 0 Å². The molecule has 2 aromatic rings. The van der Waals surface area contributed by atoms with E-state index in [9.17, 15) is 4.79 Å². The van der Waals surface area contributed by atoms with Crippen molar-refractivity contribution in [1.29, 1.82) is 0 Å². The van der Waals surface area contributed by atoms with Gasteiger partial charge in [-0.2, -0.15) is 0 Å². The van der Waals surface area contributed by atoms with E-state index in [1.165, 1.54) is 34.9 Å². The highest BCUT2D eigenvalue weighted by Crippen LogP contribution is 2.32. The summed E-state index contributed by atoms with van der Waals surface area (Å²) in [7, 11) is 0. The molecule has 0 saturated carbocycles. The maximum atomic E-state index is 10.8. The highest BCUT2D eigenvalue weighted by atomic mass is 79.9. The van der Waals surface area contributed by atoms with Crippen LogP contribution in [0.15, 0.2) is 58.6 Å². The molecule has 0 bridgehead atoms. The minimum atomic E-state index is -0.154. The lowest BCUT2D eigenvalue weighted by atomic mass is 9.91. The molecule has 0 N–H and O–H groups in total. The van der Waals surface area contributed by atoms with Crippen LogP contribution in [0.2, 0.25) is 0 Å². The van der Waals surface area contributed by atoms with E-state index in [-0.39, 0.29) is 5.97 Å². The number of carbonyl (C=O) groups excluding carboxylic acids is 1. The van der Waals surface area contributed by atoms with E-state index in [0.29, 0.717) is 13.0 Å². The molecule has 0 aliphatic carbocycles. The summed E-state index contributed by atoms with van der Waals surface area (Å²) in [6, 6.07) is 16.2. The molecule has 3 heteroatoms. The van der Waals surface area contributed by atoms with Crippen LogP contribution >= 0.6 is 15.9 Å². The van der Waals surface area contributed by atoms with Gasteiger partial charge in [0, 0.05) is 10.9 Å². The van der Waals surface area contributed by atoms with Crippen LogP contribution in [0.3, 0.4) is 0 Å². The molecule has 0 aromatic heterocycles. The van der Waals surface area contributed by atoms with Crippen LogP contribution in [0.25, 0.3) is 5.57 Å². The van der Waals surface area contributed by atoms with Crippen molar-refractivity contribution in [3.05, 3.63) is 75.3 Å². The summed E-state index contributed by atoms with van der Waals surface area (Å²) < 4.78 is 6.15. The predicted molar refractivity (Wildman–Crippen MR) is 128 cm³/mol. The molecular weight excluding hydrogens is 424 g/mol. The van der Waals surface area contributed by atoms with Crippen LogP contribution < -0.4 is 0 Å². The summed E-state index contributed by atoms with van der Waals surface area (Å²) in [6.07, 6.45) is 5.20. The fraction of sp³-hybridized carbons (Fsp3) is 0.423. The van der Waals surface area contributed by atoms with Gasteiger partial charge in [-0.05, 0) is 54.5 Å². The molecule has 2 rings (SSSR count). The minimum absolute atomic E-state index is 0.154. The number of ether oxygens (including phenoxy) is 1. The van der Waals surface area contributed by atoms with Crippen LogP contribution in [0, 0.1) is 6.92 Å². The van der Waals surface area contributed by atoms with Gasteiger partial charge < -0.3 is 4.74 Å². The van der Waals surface area contributed by atoms with E-state index in [1.807, 2.05) is 30.3 Å². The number of hydrogen-bond donors (Lipinski definition) is 0. The second-order valence-corrected chi connectivity index (χ2v) is 7.81. The summed E-state index contributed by atoms with van der Waals surface area (Å²) in [5.74, 6) is -0.154. The average molecular weight is 459 g/mol. The summed E-state index contributed by atoms with van der Waals surface area (Å²) in [5.41, 5.74) is 6.99. The Morgan fingerprint density at radius 2 is 1.59 bits per heavy atom. The zero-order chi connectivity index (χ0) is 21.6. The van der Waals surface area contributed by atoms with Gasteiger partial charge in [-0.3, -0.25) is 4.79 Å². The van der Waals surface area contributed by atoms with E-state index in [2.05, 4.69) is 61.8 Å². The molecule has 0 atom stereocenters. The third-order valence-corrected chi connectivity index (χ3v) is 5.74. The molecule has 0 heterocycles. The highest BCUT2D eigenvalue weighted by molar-refractivity contribution is 9.10. The Morgan fingerprint density at radius 3 is 2.14 bits per heavy atom. The highest BCUT2D eigenvalue weighted by Gasteiger charge is 2.10. The Morgan fingerprint density at radius 1 is 0.897 bits per heavy atom. The Hall–Kier alpha value is -1.87. The van der Waals surface area contributed by atoms with Gasteiger partial charge in [0.05, 0.1) is 0 Å². The van der Waals surface area contributed by atoms with Crippen molar-refractivity contribution >= 4 is 27.5 Å². The molecular formula is C26H35BrO2. The van der Waals surface area contributed by atoms with E-state index in [1.54, 1.807) is 18.1 Å². The first kappa shape index (κ1) is 25.2. The van der Waals surface area contributed by atoms with Crippen molar-refractivity contribution in [3.63, 3.8) is 0 Å². The average Bonchev–Trinajstić information content (AvgIpc) is 2.75. The van der Waals surface area contributed by atoms with Gasteiger partial charge in [0.15, 0.2) is 0 Å². The van der Waals surface area contributed by atoms with Gasteiger partial charge in [0.25, 0.3) is 0 Å². The smallest absolute Gasteiger partial charge is 0.305 e. The summed E-state index contributed by atoms with van der Waals surface area (Å²) in [6.45, 7) is 11.2. The molecule has 0 amide bonds. The Labute approximate surface area is 185 Å². The molecule has 0 unspecified atom stereocenters. The lowest BCUT2D eigenvalue weighted by Gasteiger charge is -2.16. The summed E-state index contributed by atoms with van der Waals surface area (Å²) in [4.78, 5) is 10.8. The SMILES string of the molecule is CCC(=O)OCc1ccccc1.CCC/C(CC)=C(\CC)c1cccc(Br)c1C. The fourth-order valence-electron chi connectivity index (χ4n) is 3.25. The zero-order valence-electron chi connectivity index (χ0n) is 18.6. The van der Waals surface area contributed by atoms with Crippen molar-refractivity contribution in [3.8, 4) is 0 Å². The molecule has 0 fully saturated rings. The Kier molecular flexibility index (Phi) is 12.3. The van der Waals surface area contributed by atoms with Gasteiger partial charge in [-0.15, -0.1) is 0 Å². The zero-order valence-corrected chi connectivity index (χ0v) is 20.1. The number of rotatable bonds is 8. The second-order valence-electron chi connectivity index (χ2n) is 6.95. The predicted octanol–water partition coefficient (Wildman–Crippen LogP) is 8.27. The first-order valence-electron chi connectivity index (χ1n) is 10.6. The molecule has 0 spiro atoms. The molecule has 0 aliphatic rings. The number of benzene rings is 2. The van der Waals surface area contributed by atoms with Gasteiger partial charge in [-0.25, -0.2) is 0 Å². The molecule has 158 valence electrons. The van der Waals surface area contributed by atoms with E-state index in [4.69, 9.17) is 4.74 Å². The van der Waals surface area contributed by atoms with E-state index < -0.39 is 0 Å². The van der Waals surface area contributed by atoms with Crippen molar-refractivity contribution in [2.75, 3.05) is 0 Å². The number of esters is 1. The molecule has 0 aliphatic heterocycles. The van der Waals surface area contributed by atoms with E-state index in [0.717, 1.165) is 12.0 Å². The largest absolute Gasteiger partial charge is 0.461 e. The van der Waals surface area contributed by atoms with Gasteiger partial charge >= 0.3 is 5.97 Å². The number of halogens is 1. The third-order valence-electron chi connectivity index (χ3n) is 4.88. The normalized spacial score (nSPS) is 11.2. The summed E-state index contributed by atoms with van der Waals surface area (Å²) >= 11 is 3.63. The third kappa shape index (κ3) is 8.57. The minimum Gasteiger partial charge on any atom is -0.461 e. The van der Waals surface area contributed by atoms with Crippen molar-refractivity contribution in [2.45, 2.75) is 73.3 Å². The molecule has 2 aromatic carbocycles. The molecule has 0 saturated heterocycles. The van der Waals surface area contributed by atoms with Crippen LogP contribution in [0.4, 0.5) is 0 Å². The number of carbonyl (C=O) groups is 1.